The first-order chi connectivity index (χ1) is 10.8. The van der Waals surface area contributed by atoms with Crippen molar-refractivity contribution in [1.82, 2.24) is 10.6 Å². The molecule has 4 nitrogen and oxygen atoms in total. The highest BCUT2D eigenvalue weighted by Gasteiger charge is 2.53. The Hall–Kier alpha value is -1.71. The zero-order chi connectivity index (χ0) is 15.4. The minimum atomic E-state index is 0.594. The van der Waals surface area contributed by atoms with Gasteiger partial charge in [0.15, 0.2) is 5.96 Å². The van der Waals surface area contributed by atoms with Crippen molar-refractivity contribution in [3.05, 3.63) is 29.8 Å². The normalized spacial score (nSPS) is 19.6. The lowest BCUT2D eigenvalue weighted by Crippen LogP contribution is -2.40. The summed E-state index contributed by atoms with van der Waals surface area (Å²) >= 11 is 0. The molecule has 120 valence electrons. The molecule has 0 aromatic heterocycles. The highest BCUT2D eigenvalue weighted by atomic mass is 16.5. The fourth-order valence-corrected chi connectivity index (χ4v) is 3.09. The van der Waals surface area contributed by atoms with E-state index in [4.69, 9.17) is 9.73 Å². The maximum Gasteiger partial charge on any atom is 0.191 e. The van der Waals surface area contributed by atoms with Crippen LogP contribution < -0.4 is 15.4 Å². The topological polar surface area (TPSA) is 45.7 Å². The number of aliphatic imine (C=N–C) groups is 1. The molecular weight excluding hydrogens is 274 g/mol. The van der Waals surface area contributed by atoms with E-state index in [9.17, 15) is 0 Å². The van der Waals surface area contributed by atoms with Gasteiger partial charge in [0, 0.05) is 13.1 Å². The molecule has 2 aliphatic carbocycles. The third-order valence-electron chi connectivity index (χ3n) is 4.87. The fraction of sp³-hybridized carbons (Fsp3) is 0.611. The number of hydrogen-bond acceptors (Lipinski definition) is 2. The van der Waals surface area contributed by atoms with Crippen LogP contribution in [0, 0.1) is 11.3 Å². The predicted molar refractivity (Wildman–Crippen MR) is 90.2 cm³/mol. The van der Waals surface area contributed by atoms with Crippen LogP contribution in [0.1, 0.15) is 38.2 Å². The first-order valence-corrected chi connectivity index (χ1v) is 8.41. The van der Waals surface area contributed by atoms with E-state index in [1.165, 1.54) is 31.2 Å². The quantitative estimate of drug-likeness (QED) is 0.601. The number of rotatable bonds is 7. The summed E-state index contributed by atoms with van der Waals surface area (Å²) in [7, 11) is 1.69. The predicted octanol–water partition coefficient (Wildman–Crippen LogP) is 2.94. The Morgan fingerprint density at radius 2 is 1.95 bits per heavy atom. The maximum absolute atomic E-state index is 5.18. The van der Waals surface area contributed by atoms with E-state index < -0.39 is 0 Å². The molecule has 2 aliphatic rings. The average molecular weight is 301 g/mol. The first-order valence-electron chi connectivity index (χ1n) is 8.41. The molecule has 2 saturated carbocycles. The second-order valence-corrected chi connectivity index (χ2v) is 6.53. The zero-order valence-electron chi connectivity index (χ0n) is 13.7. The molecule has 0 radical (unpaired) electrons. The van der Waals surface area contributed by atoms with Gasteiger partial charge >= 0.3 is 0 Å². The molecule has 0 unspecified atom stereocenters. The van der Waals surface area contributed by atoms with Crippen molar-refractivity contribution in [3.63, 3.8) is 0 Å². The Labute approximate surface area is 133 Å². The van der Waals surface area contributed by atoms with Crippen molar-refractivity contribution in [1.29, 1.82) is 0 Å². The Morgan fingerprint density at radius 1 is 1.23 bits per heavy atom. The van der Waals surface area contributed by atoms with E-state index >= 15 is 0 Å². The van der Waals surface area contributed by atoms with Gasteiger partial charge in [-0.15, -0.1) is 0 Å². The number of methoxy groups -OCH3 is 1. The summed E-state index contributed by atoms with van der Waals surface area (Å²) < 4.78 is 5.18. The van der Waals surface area contributed by atoms with Gasteiger partial charge in [-0.3, -0.25) is 0 Å². The van der Waals surface area contributed by atoms with Crippen LogP contribution in [0.4, 0.5) is 0 Å². The molecule has 2 fully saturated rings. The lowest BCUT2D eigenvalue weighted by atomic mass is 10.0. The van der Waals surface area contributed by atoms with E-state index in [-0.39, 0.29) is 0 Å². The van der Waals surface area contributed by atoms with Crippen molar-refractivity contribution in [3.8, 4) is 5.75 Å². The molecule has 1 aromatic carbocycles. The van der Waals surface area contributed by atoms with Crippen LogP contribution >= 0.6 is 0 Å². The average Bonchev–Trinajstić information content (AvgIpc) is 3.43. The lowest BCUT2D eigenvalue weighted by molar-refractivity contribution is 0.414. The molecule has 0 spiro atoms. The largest absolute Gasteiger partial charge is 0.497 e. The van der Waals surface area contributed by atoms with Crippen LogP contribution in [-0.2, 0) is 6.54 Å². The highest BCUT2D eigenvalue weighted by Crippen LogP contribution is 2.60. The SMILES string of the molecule is CCNC(=NCc1ccc(OC)cc1)NCC1(C2CC2)CC1. The summed E-state index contributed by atoms with van der Waals surface area (Å²) in [5.74, 6) is 2.80. The van der Waals surface area contributed by atoms with Crippen LogP contribution in [0.2, 0.25) is 0 Å². The smallest absolute Gasteiger partial charge is 0.191 e. The Kier molecular flexibility index (Phi) is 4.55. The Balaban J connectivity index is 1.54. The maximum atomic E-state index is 5.18. The molecule has 0 atom stereocenters. The van der Waals surface area contributed by atoms with Gasteiger partial charge in [0.1, 0.15) is 5.75 Å². The van der Waals surface area contributed by atoms with Gasteiger partial charge in [-0.2, -0.15) is 0 Å². The second-order valence-electron chi connectivity index (χ2n) is 6.53. The van der Waals surface area contributed by atoms with Crippen molar-refractivity contribution in [2.24, 2.45) is 16.3 Å². The second kappa shape index (κ2) is 6.59. The summed E-state index contributed by atoms with van der Waals surface area (Å²) in [5.41, 5.74) is 1.79. The van der Waals surface area contributed by atoms with Crippen LogP contribution in [0.25, 0.3) is 0 Å². The van der Waals surface area contributed by atoms with E-state index in [2.05, 4.69) is 29.7 Å². The minimum absolute atomic E-state index is 0.594. The molecule has 0 saturated heterocycles. The van der Waals surface area contributed by atoms with Crippen LogP contribution in [-0.4, -0.2) is 26.2 Å². The molecule has 0 bridgehead atoms. The number of ether oxygens (including phenoxy) is 1. The lowest BCUT2D eigenvalue weighted by Gasteiger charge is -2.18. The zero-order valence-corrected chi connectivity index (χ0v) is 13.7. The van der Waals surface area contributed by atoms with Crippen molar-refractivity contribution in [2.75, 3.05) is 20.2 Å². The van der Waals surface area contributed by atoms with E-state index in [1.54, 1.807) is 7.11 Å². The number of nitrogens with zero attached hydrogens (tertiary/aromatic N) is 1. The third-order valence-corrected chi connectivity index (χ3v) is 4.87. The van der Waals surface area contributed by atoms with Crippen LogP contribution in [0.5, 0.6) is 5.75 Å². The molecule has 1 aromatic rings. The number of benzene rings is 1. The van der Waals surface area contributed by atoms with Gasteiger partial charge in [0.05, 0.1) is 13.7 Å². The van der Waals surface area contributed by atoms with Gasteiger partial charge in [-0.1, -0.05) is 12.1 Å². The molecule has 22 heavy (non-hydrogen) atoms. The van der Waals surface area contributed by atoms with Crippen molar-refractivity contribution in [2.45, 2.75) is 39.2 Å². The molecule has 0 amide bonds. The summed E-state index contributed by atoms with van der Waals surface area (Å²) in [6.07, 6.45) is 5.65. The standard InChI is InChI=1S/C18H27N3O/c1-3-19-17(21-13-18(10-11-18)15-6-7-15)20-12-14-4-8-16(22-2)9-5-14/h4-5,8-9,15H,3,6-7,10-13H2,1-2H3,(H2,19,20,21). The van der Waals surface area contributed by atoms with Crippen molar-refractivity contribution < 1.29 is 4.74 Å². The van der Waals surface area contributed by atoms with Gasteiger partial charge < -0.3 is 15.4 Å². The molecular formula is C18H27N3O. The summed E-state index contributed by atoms with van der Waals surface area (Å²) in [5, 5.41) is 6.90. The molecule has 3 rings (SSSR count). The van der Waals surface area contributed by atoms with Gasteiger partial charge in [0.2, 0.25) is 0 Å². The van der Waals surface area contributed by atoms with Crippen LogP contribution in [0.3, 0.4) is 0 Å². The fourth-order valence-electron chi connectivity index (χ4n) is 3.09. The number of guanidine groups is 1. The summed E-state index contributed by atoms with van der Waals surface area (Å²) in [6, 6.07) is 8.10. The third kappa shape index (κ3) is 3.73. The number of nitrogens with one attached hydrogen (secondary N) is 2. The summed E-state index contributed by atoms with van der Waals surface area (Å²) in [6.45, 7) is 4.77. The van der Waals surface area contributed by atoms with E-state index in [0.29, 0.717) is 12.0 Å². The van der Waals surface area contributed by atoms with Gasteiger partial charge in [-0.05, 0) is 61.6 Å². The Morgan fingerprint density at radius 3 is 2.50 bits per heavy atom. The molecule has 2 N–H and O–H groups in total. The van der Waals surface area contributed by atoms with Crippen molar-refractivity contribution >= 4 is 5.96 Å². The first kappa shape index (κ1) is 15.2. The van der Waals surface area contributed by atoms with E-state index in [0.717, 1.165) is 30.7 Å². The molecule has 4 heteroatoms. The van der Waals surface area contributed by atoms with Gasteiger partial charge in [0.25, 0.3) is 0 Å². The monoisotopic (exact) mass is 301 g/mol. The molecule has 0 aliphatic heterocycles. The minimum Gasteiger partial charge on any atom is -0.497 e. The summed E-state index contributed by atoms with van der Waals surface area (Å²) in [4.78, 5) is 4.70. The van der Waals surface area contributed by atoms with E-state index in [1.807, 2.05) is 12.1 Å². The molecule has 0 heterocycles. The number of hydrogen-bond donors (Lipinski definition) is 2. The van der Waals surface area contributed by atoms with Gasteiger partial charge in [-0.25, -0.2) is 4.99 Å². The van der Waals surface area contributed by atoms with Crippen LogP contribution in [0.15, 0.2) is 29.3 Å². The Bertz CT molecular complexity index is 516. The highest BCUT2D eigenvalue weighted by molar-refractivity contribution is 5.79.